The van der Waals surface area contributed by atoms with Gasteiger partial charge in [-0.15, -0.1) is 12.4 Å². The minimum Gasteiger partial charge on any atom is -0.350 e. The van der Waals surface area contributed by atoms with Gasteiger partial charge in [-0.1, -0.05) is 6.07 Å². The monoisotopic (exact) mass is 342 g/mol. The maximum Gasteiger partial charge on any atom is 0.270 e. The Labute approximate surface area is 139 Å². The van der Waals surface area contributed by atoms with Crippen molar-refractivity contribution < 1.29 is 14.5 Å². The molecule has 23 heavy (non-hydrogen) atoms. The Balaban J connectivity index is 0.00000264. The molecule has 0 radical (unpaired) electrons. The Morgan fingerprint density at radius 1 is 1.43 bits per heavy atom. The molecule has 1 aliphatic rings. The Morgan fingerprint density at radius 3 is 2.78 bits per heavy atom. The second kappa shape index (κ2) is 8.44. The number of nitrogens with zero attached hydrogens (tertiary/aromatic N) is 1. The van der Waals surface area contributed by atoms with E-state index >= 15 is 0 Å². The van der Waals surface area contributed by atoms with Gasteiger partial charge in [-0.25, -0.2) is 0 Å². The van der Waals surface area contributed by atoms with Crippen molar-refractivity contribution in [3.05, 3.63) is 39.9 Å². The second-order valence-electron chi connectivity index (χ2n) is 5.20. The molecule has 2 amide bonds. The maximum atomic E-state index is 12.0. The van der Waals surface area contributed by atoms with Crippen LogP contribution in [0.3, 0.4) is 0 Å². The molecule has 0 saturated carbocycles. The number of rotatable bonds is 5. The molecule has 126 valence electrons. The number of halogens is 1. The van der Waals surface area contributed by atoms with Gasteiger partial charge in [0.1, 0.15) is 6.04 Å². The Hall–Kier alpha value is -2.19. The Bertz CT molecular complexity index is 590. The quantitative estimate of drug-likeness (QED) is 0.536. The molecule has 1 aromatic rings. The van der Waals surface area contributed by atoms with Gasteiger partial charge in [0.25, 0.3) is 11.6 Å². The molecule has 1 aromatic carbocycles. The van der Waals surface area contributed by atoms with E-state index in [1.807, 2.05) is 0 Å². The lowest BCUT2D eigenvalue weighted by atomic mass is 10.1. The summed E-state index contributed by atoms with van der Waals surface area (Å²) in [7, 11) is 0. The maximum absolute atomic E-state index is 12.0. The van der Waals surface area contributed by atoms with Crippen molar-refractivity contribution in [1.82, 2.24) is 16.0 Å². The number of non-ortho nitro benzene ring substituents is 1. The number of nitro groups is 1. The highest BCUT2D eigenvalue weighted by molar-refractivity contribution is 5.97. The predicted molar refractivity (Wildman–Crippen MR) is 86.7 cm³/mol. The van der Waals surface area contributed by atoms with Crippen molar-refractivity contribution >= 4 is 29.9 Å². The molecular formula is C14H19ClN4O4. The molecule has 9 heteroatoms. The molecule has 0 bridgehead atoms. The second-order valence-corrected chi connectivity index (χ2v) is 5.20. The third kappa shape index (κ3) is 5.19. The number of nitro benzene ring substituents is 1. The van der Waals surface area contributed by atoms with E-state index in [1.165, 1.54) is 24.3 Å². The van der Waals surface area contributed by atoms with E-state index in [0.29, 0.717) is 0 Å². The summed E-state index contributed by atoms with van der Waals surface area (Å²) in [6, 6.07) is 4.74. The van der Waals surface area contributed by atoms with Crippen molar-refractivity contribution in [3.8, 4) is 0 Å². The molecule has 8 nitrogen and oxygen atoms in total. The van der Waals surface area contributed by atoms with E-state index in [1.54, 1.807) is 6.92 Å². The normalized spacial score (nSPS) is 17.7. The van der Waals surface area contributed by atoms with Gasteiger partial charge in [0.15, 0.2) is 0 Å². The number of carbonyl (C=O) groups excluding carboxylic acids is 2. The summed E-state index contributed by atoms with van der Waals surface area (Å²) in [6.45, 7) is 3.16. The zero-order chi connectivity index (χ0) is 16.1. The number of carbonyl (C=O) groups is 2. The highest BCUT2D eigenvalue weighted by Gasteiger charge is 2.22. The highest BCUT2D eigenvalue weighted by atomic mass is 35.5. The van der Waals surface area contributed by atoms with E-state index in [9.17, 15) is 19.7 Å². The molecule has 3 N–H and O–H groups in total. The molecule has 1 saturated heterocycles. The lowest BCUT2D eigenvalue weighted by molar-refractivity contribution is -0.384. The molecule has 1 aliphatic heterocycles. The van der Waals surface area contributed by atoms with Gasteiger partial charge in [-0.2, -0.15) is 0 Å². The minimum absolute atomic E-state index is 0. The van der Waals surface area contributed by atoms with Gasteiger partial charge in [0, 0.05) is 30.3 Å². The van der Waals surface area contributed by atoms with Crippen LogP contribution in [0, 0.1) is 10.1 Å². The van der Waals surface area contributed by atoms with Gasteiger partial charge in [0.2, 0.25) is 5.91 Å². The van der Waals surface area contributed by atoms with Crippen LogP contribution in [0.25, 0.3) is 0 Å². The third-order valence-electron chi connectivity index (χ3n) is 3.47. The molecule has 2 atom stereocenters. The summed E-state index contributed by atoms with van der Waals surface area (Å²) < 4.78 is 0. The van der Waals surface area contributed by atoms with Crippen LogP contribution in [0.1, 0.15) is 23.7 Å². The van der Waals surface area contributed by atoms with Crippen LogP contribution in [0.4, 0.5) is 5.69 Å². The molecule has 2 unspecified atom stereocenters. The van der Waals surface area contributed by atoms with E-state index in [-0.39, 0.29) is 35.6 Å². The topological polar surface area (TPSA) is 113 Å². The van der Waals surface area contributed by atoms with E-state index < -0.39 is 16.9 Å². The van der Waals surface area contributed by atoms with Crippen molar-refractivity contribution in [1.29, 1.82) is 0 Å². The Morgan fingerprint density at radius 2 is 2.17 bits per heavy atom. The molecule has 1 heterocycles. The lowest BCUT2D eigenvalue weighted by Gasteiger charge is -2.17. The average molecular weight is 343 g/mol. The first-order chi connectivity index (χ1) is 10.5. The number of hydrogen-bond acceptors (Lipinski definition) is 5. The fourth-order valence-corrected chi connectivity index (χ4v) is 2.21. The van der Waals surface area contributed by atoms with Gasteiger partial charge in [-0.05, 0) is 26.0 Å². The Kier molecular flexibility index (Phi) is 6.92. The van der Waals surface area contributed by atoms with Crippen molar-refractivity contribution in [3.63, 3.8) is 0 Å². The van der Waals surface area contributed by atoms with E-state index in [2.05, 4.69) is 16.0 Å². The summed E-state index contributed by atoms with van der Waals surface area (Å²) >= 11 is 0. The smallest absolute Gasteiger partial charge is 0.270 e. The zero-order valence-electron chi connectivity index (χ0n) is 12.6. The highest BCUT2D eigenvalue weighted by Crippen LogP contribution is 2.13. The predicted octanol–water partition coefficient (Wildman–Crippen LogP) is 0.613. The first-order valence-electron chi connectivity index (χ1n) is 7.04. The van der Waals surface area contributed by atoms with Crippen LogP contribution in [0.2, 0.25) is 0 Å². The average Bonchev–Trinajstić information content (AvgIpc) is 3.00. The summed E-state index contributed by atoms with van der Waals surface area (Å²) in [5, 5.41) is 19.2. The number of hydrogen-bond donors (Lipinski definition) is 3. The molecule has 0 spiro atoms. The van der Waals surface area contributed by atoms with Crippen molar-refractivity contribution in [2.24, 2.45) is 0 Å². The first-order valence-corrected chi connectivity index (χ1v) is 7.04. The molecule has 1 fully saturated rings. The largest absolute Gasteiger partial charge is 0.350 e. The number of nitrogens with one attached hydrogen (secondary N) is 3. The van der Waals surface area contributed by atoms with Crippen molar-refractivity contribution in [2.45, 2.75) is 25.4 Å². The van der Waals surface area contributed by atoms with Gasteiger partial charge >= 0.3 is 0 Å². The fourth-order valence-electron chi connectivity index (χ4n) is 2.21. The van der Waals surface area contributed by atoms with E-state index in [4.69, 9.17) is 0 Å². The molecule has 0 aliphatic carbocycles. The van der Waals surface area contributed by atoms with Gasteiger partial charge in [-0.3, -0.25) is 19.7 Å². The van der Waals surface area contributed by atoms with Crippen LogP contribution in [-0.4, -0.2) is 41.9 Å². The molecular weight excluding hydrogens is 324 g/mol. The number of amides is 2. The number of benzene rings is 1. The SMILES string of the molecule is CC(NC(=O)c1cccc([N+](=O)[O-])c1)C(=O)NC1CCNC1.Cl. The standard InChI is InChI=1S/C14H18N4O4.ClH/c1-9(13(19)17-11-5-6-15-8-11)16-14(20)10-3-2-4-12(7-10)18(21)22;/h2-4,7,9,11,15H,5-6,8H2,1H3,(H,16,20)(H,17,19);1H. The molecule has 2 rings (SSSR count). The fraction of sp³-hybridized carbons (Fsp3) is 0.429. The minimum atomic E-state index is -0.715. The van der Waals surface area contributed by atoms with Crippen molar-refractivity contribution in [2.75, 3.05) is 13.1 Å². The zero-order valence-corrected chi connectivity index (χ0v) is 13.4. The van der Waals surface area contributed by atoms with Crippen LogP contribution >= 0.6 is 12.4 Å². The van der Waals surface area contributed by atoms with Gasteiger partial charge < -0.3 is 16.0 Å². The lowest BCUT2D eigenvalue weighted by Crippen LogP contribution is -2.48. The third-order valence-corrected chi connectivity index (χ3v) is 3.47. The molecule has 0 aromatic heterocycles. The summed E-state index contributed by atoms with van der Waals surface area (Å²) in [5.41, 5.74) is -0.0156. The van der Waals surface area contributed by atoms with Crippen LogP contribution in [-0.2, 0) is 4.79 Å². The van der Waals surface area contributed by atoms with E-state index in [0.717, 1.165) is 19.5 Å². The summed E-state index contributed by atoms with van der Waals surface area (Å²) in [6.07, 6.45) is 0.858. The van der Waals surface area contributed by atoms with Crippen LogP contribution < -0.4 is 16.0 Å². The van der Waals surface area contributed by atoms with Gasteiger partial charge in [0.05, 0.1) is 4.92 Å². The van der Waals surface area contributed by atoms with Crippen LogP contribution in [0.5, 0.6) is 0 Å². The first kappa shape index (κ1) is 18.9. The summed E-state index contributed by atoms with van der Waals surface area (Å²) in [5.74, 6) is -0.789. The van der Waals surface area contributed by atoms with Crippen LogP contribution in [0.15, 0.2) is 24.3 Å². The summed E-state index contributed by atoms with van der Waals surface area (Å²) in [4.78, 5) is 34.2.